The average Bonchev–Trinajstić information content (AvgIpc) is 2.76. The molecule has 0 aromatic heterocycles. The molecule has 0 spiro atoms. The molecule has 2 rings (SSSR count). The highest BCUT2D eigenvalue weighted by Crippen LogP contribution is 2.32. The molecule has 0 aliphatic rings. The summed E-state index contributed by atoms with van der Waals surface area (Å²) in [6.07, 6.45) is -0.355. The Labute approximate surface area is 197 Å². The van der Waals surface area contributed by atoms with Gasteiger partial charge in [-0.05, 0) is 36.6 Å². The lowest BCUT2D eigenvalue weighted by Crippen LogP contribution is -2.29. The van der Waals surface area contributed by atoms with E-state index in [1.165, 1.54) is 12.1 Å². The number of hydrogen-bond acceptors (Lipinski definition) is 4. The fraction of sp³-hybridized carbons (Fsp3) is 0.429. The van der Waals surface area contributed by atoms with Gasteiger partial charge < -0.3 is 8.92 Å². The van der Waals surface area contributed by atoms with Gasteiger partial charge in [-0.3, -0.25) is 13.2 Å². The summed E-state index contributed by atoms with van der Waals surface area (Å²) in [5.74, 6) is 0.560. The van der Waals surface area contributed by atoms with Crippen LogP contribution in [0.2, 0.25) is 0 Å². The zero-order chi connectivity index (χ0) is 22.9. The molecule has 0 atom stereocenters. The van der Waals surface area contributed by atoms with E-state index in [0.29, 0.717) is 22.2 Å². The van der Waals surface area contributed by atoms with Crippen molar-refractivity contribution < 1.29 is 30.5 Å². The van der Waals surface area contributed by atoms with Gasteiger partial charge in [-0.1, -0.05) is 50.1 Å². The summed E-state index contributed by atoms with van der Waals surface area (Å²) in [6, 6.07) is 11.8. The molecule has 172 valence electrons. The van der Waals surface area contributed by atoms with Crippen LogP contribution in [0.3, 0.4) is 0 Å². The van der Waals surface area contributed by atoms with Crippen LogP contribution in [0.1, 0.15) is 24.0 Å². The summed E-state index contributed by atoms with van der Waals surface area (Å²) in [5, 5.41) is 1.23. The summed E-state index contributed by atoms with van der Waals surface area (Å²) < 4.78 is 74.3. The molecule has 0 saturated heterocycles. The van der Waals surface area contributed by atoms with E-state index in [-0.39, 0.29) is 18.6 Å². The average molecular weight is 588 g/mol. The Balaban J connectivity index is 2.07. The smallest absolute Gasteiger partial charge is 0.309 e. The third kappa shape index (κ3) is 7.39. The minimum Gasteiger partial charge on any atom is -0.457 e. The first-order valence-corrected chi connectivity index (χ1v) is 13.2. The molecule has 0 N–H and O–H groups in total. The van der Waals surface area contributed by atoms with E-state index >= 15 is 0 Å². The first-order valence-electron chi connectivity index (χ1n) is 9.42. The Bertz CT molecular complexity index is 945. The molecule has 4 nitrogen and oxygen atoms in total. The third-order valence-electron chi connectivity index (χ3n) is 4.72. The Morgan fingerprint density at radius 2 is 1.55 bits per heavy atom. The number of benzene rings is 2. The van der Waals surface area contributed by atoms with Crippen molar-refractivity contribution in [1.29, 1.82) is 0 Å². The van der Waals surface area contributed by atoms with Crippen LogP contribution >= 0.6 is 31.9 Å². The monoisotopic (exact) mass is 586 g/mol. The maximum absolute atomic E-state index is 12.9. The van der Waals surface area contributed by atoms with Crippen LogP contribution in [0.15, 0.2) is 42.5 Å². The van der Waals surface area contributed by atoms with Crippen molar-refractivity contribution in [2.45, 2.75) is 23.5 Å². The highest BCUT2D eigenvalue weighted by atomic mass is 79.9. The minimum absolute atomic E-state index is 0.0438. The number of hydrogen-bond donors (Lipinski definition) is 0. The maximum Gasteiger partial charge on any atom is 0.309 e. The van der Waals surface area contributed by atoms with E-state index in [9.17, 15) is 21.6 Å². The summed E-state index contributed by atoms with van der Waals surface area (Å²) in [4.78, 5) is 0. The Hall–Kier alpha value is -1.26. The summed E-state index contributed by atoms with van der Waals surface area (Å²) >= 11 is 6.88. The SMILES string of the molecule is O=S(=O)(CCCC(CF)(CF)CF)Oc1cccc(Oc2cccc(CBr)c2CBr)c1. The molecule has 0 heterocycles. The number of halogens is 5. The zero-order valence-electron chi connectivity index (χ0n) is 16.6. The van der Waals surface area contributed by atoms with Crippen LogP contribution in [-0.4, -0.2) is 34.2 Å². The highest BCUT2D eigenvalue weighted by Gasteiger charge is 2.31. The molecule has 2 aromatic rings. The maximum atomic E-state index is 12.9. The van der Waals surface area contributed by atoms with Crippen molar-refractivity contribution >= 4 is 42.0 Å². The predicted molar refractivity (Wildman–Crippen MR) is 122 cm³/mol. The molecule has 0 saturated carbocycles. The molecule has 0 aliphatic carbocycles. The van der Waals surface area contributed by atoms with Crippen molar-refractivity contribution in [3.8, 4) is 17.2 Å². The topological polar surface area (TPSA) is 52.6 Å². The molecule has 2 aromatic carbocycles. The van der Waals surface area contributed by atoms with Gasteiger partial charge in [0.25, 0.3) is 0 Å². The fourth-order valence-electron chi connectivity index (χ4n) is 2.82. The number of alkyl halides is 5. The van der Waals surface area contributed by atoms with E-state index in [1.54, 1.807) is 18.2 Å². The molecule has 0 radical (unpaired) electrons. The first-order chi connectivity index (χ1) is 14.8. The lowest BCUT2D eigenvalue weighted by Gasteiger charge is -2.23. The van der Waals surface area contributed by atoms with Gasteiger partial charge in [-0.15, -0.1) is 0 Å². The summed E-state index contributed by atoms with van der Waals surface area (Å²) in [5.41, 5.74) is 0.228. The molecule has 0 bridgehead atoms. The van der Waals surface area contributed by atoms with Gasteiger partial charge in [0.15, 0.2) is 0 Å². The van der Waals surface area contributed by atoms with Crippen LogP contribution < -0.4 is 8.92 Å². The molecule has 0 aliphatic heterocycles. The quantitative estimate of drug-likeness (QED) is 0.194. The van der Waals surface area contributed by atoms with Crippen molar-refractivity contribution in [3.63, 3.8) is 0 Å². The second-order valence-corrected chi connectivity index (χ2v) is 9.90. The van der Waals surface area contributed by atoms with Gasteiger partial charge in [0.05, 0.1) is 11.2 Å². The largest absolute Gasteiger partial charge is 0.457 e. The van der Waals surface area contributed by atoms with Gasteiger partial charge in [-0.25, -0.2) is 0 Å². The summed E-state index contributed by atoms with van der Waals surface area (Å²) in [6.45, 7) is -3.56. The third-order valence-corrected chi connectivity index (χ3v) is 7.12. The van der Waals surface area contributed by atoms with Gasteiger partial charge in [0, 0.05) is 22.3 Å². The van der Waals surface area contributed by atoms with Crippen LogP contribution in [0.4, 0.5) is 13.2 Å². The Morgan fingerprint density at radius 1 is 0.903 bits per heavy atom. The molecular weight excluding hydrogens is 565 g/mol. The van der Waals surface area contributed by atoms with E-state index in [1.807, 2.05) is 12.1 Å². The molecule has 0 fully saturated rings. The van der Waals surface area contributed by atoms with Gasteiger partial charge >= 0.3 is 10.1 Å². The van der Waals surface area contributed by atoms with E-state index in [4.69, 9.17) is 8.92 Å². The Kier molecular flexibility index (Phi) is 10.2. The zero-order valence-corrected chi connectivity index (χ0v) is 20.6. The standard InChI is InChI=1S/C21H23Br2F3O4S/c22-11-16-4-1-7-20(19(16)12-23)29-17-5-2-6-18(10-17)30-31(27,28)9-3-8-21(13-24,14-25)15-26/h1-2,4-7,10H,3,8-9,11-15H2. The summed E-state index contributed by atoms with van der Waals surface area (Å²) in [7, 11) is -4.03. The van der Waals surface area contributed by atoms with E-state index in [2.05, 4.69) is 31.9 Å². The Morgan fingerprint density at radius 3 is 2.16 bits per heavy atom. The van der Waals surface area contributed by atoms with Crippen LogP contribution in [-0.2, 0) is 20.8 Å². The number of rotatable bonds is 13. The number of ether oxygens (including phenoxy) is 1. The van der Waals surface area contributed by atoms with Gasteiger partial charge in [0.1, 0.15) is 37.3 Å². The van der Waals surface area contributed by atoms with Crippen LogP contribution in [0.25, 0.3) is 0 Å². The van der Waals surface area contributed by atoms with Crippen molar-refractivity contribution in [1.82, 2.24) is 0 Å². The van der Waals surface area contributed by atoms with Crippen molar-refractivity contribution in [2.24, 2.45) is 5.41 Å². The minimum atomic E-state index is -4.03. The van der Waals surface area contributed by atoms with E-state index in [0.717, 1.165) is 11.1 Å². The molecule has 0 unspecified atom stereocenters. The lowest BCUT2D eigenvalue weighted by atomic mass is 9.88. The van der Waals surface area contributed by atoms with Gasteiger partial charge in [-0.2, -0.15) is 8.42 Å². The first kappa shape index (κ1) is 26.0. The van der Waals surface area contributed by atoms with Crippen LogP contribution in [0, 0.1) is 5.41 Å². The second-order valence-electron chi connectivity index (χ2n) is 7.09. The van der Waals surface area contributed by atoms with Gasteiger partial charge in [0.2, 0.25) is 0 Å². The molecular formula is C21H23Br2F3O4S. The van der Waals surface area contributed by atoms with Crippen molar-refractivity contribution in [2.75, 3.05) is 25.8 Å². The van der Waals surface area contributed by atoms with E-state index < -0.39 is 41.3 Å². The molecule has 31 heavy (non-hydrogen) atoms. The molecule has 10 heteroatoms. The fourth-order valence-corrected chi connectivity index (χ4v) is 4.96. The van der Waals surface area contributed by atoms with Crippen LogP contribution in [0.5, 0.6) is 17.2 Å². The lowest BCUT2D eigenvalue weighted by molar-refractivity contribution is 0.101. The predicted octanol–water partition coefficient (Wildman–Crippen LogP) is 6.65. The molecule has 0 amide bonds. The van der Waals surface area contributed by atoms with Crippen molar-refractivity contribution in [3.05, 3.63) is 53.6 Å². The second kappa shape index (κ2) is 12.1. The normalized spacial score (nSPS) is 12.0. The highest BCUT2D eigenvalue weighted by molar-refractivity contribution is 9.09.